The van der Waals surface area contributed by atoms with Crippen molar-refractivity contribution in [3.8, 4) is 0 Å². The van der Waals surface area contributed by atoms with Gasteiger partial charge >= 0.3 is 0 Å². The molecule has 0 spiro atoms. The maximum absolute atomic E-state index is 11.0. The maximum atomic E-state index is 11.0. The van der Waals surface area contributed by atoms with Crippen LogP contribution in [0.1, 0.15) is 33.1 Å². The summed E-state index contributed by atoms with van der Waals surface area (Å²) in [6.07, 6.45) is 2.72. The lowest BCUT2D eigenvalue weighted by Gasteiger charge is -2.33. The Kier molecular flexibility index (Phi) is 4.89. The second-order valence-corrected chi connectivity index (χ2v) is 5.96. The molecule has 1 fully saturated rings. The van der Waals surface area contributed by atoms with E-state index < -0.39 is 0 Å². The van der Waals surface area contributed by atoms with E-state index in [2.05, 4.69) is 18.7 Å². The number of likely N-dealkylation sites (tertiary alicyclic amines) is 1. The minimum Gasteiger partial charge on any atom is -0.393 e. The molecule has 98 valence electrons. The number of primary amides is 1. The first kappa shape index (κ1) is 14.4. The highest BCUT2D eigenvalue weighted by molar-refractivity contribution is 7.80. The summed E-state index contributed by atoms with van der Waals surface area (Å²) in [7, 11) is 0. The van der Waals surface area contributed by atoms with Crippen molar-refractivity contribution in [1.29, 1.82) is 0 Å². The fourth-order valence-corrected chi connectivity index (χ4v) is 2.10. The topological polar surface area (TPSA) is 72.3 Å². The lowest BCUT2D eigenvalue weighted by atomic mass is 9.88. The third-order valence-electron chi connectivity index (χ3n) is 3.71. The zero-order chi connectivity index (χ0) is 13.1. The zero-order valence-corrected chi connectivity index (χ0v) is 11.6. The standard InChI is InChI=1S/C12H23N3OS/c1-12(2,11(14)17)5-8-15-6-3-9(4-7-15)10(13)16/h9H,3-8H2,1-2H3,(H2,13,16)(H2,14,17). The first-order chi connectivity index (χ1) is 7.83. The molecule has 17 heavy (non-hydrogen) atoms. The Morgan fingerprint density at radius 2 is 1.88 bits per heavy atom. The fraction of sp³-hybridized carbons (Fsp3) is 0.833. The van der Waals surface area contributed by atoms with Crippen molar-refractivity contribution >= 4 is 23.1 Å². The van der Waals surface area contributed by atoms with Gasteiger partial charge in [0.1, 0.15) is 0 Å². The number of hydrogen-bond acceptors (Lipinski definition) is 3. The van der Waals surface area contributed by atoms with Crippen LogP contribution in [0.15, 0.2) is 0 Å². The van der Waals surface area contributed by atoms with Crippen molar-refractivity contribution in [2.75, 3.05) is 19.6 Å². The molecule has 4 nitrogen and oxygen atoms in total. The normalized spacial score (nSPS) is 19.2. The molecule has 1 aliphatic rings. The number of carbonyl (C=O) groups excluding carboxylic acids is 1. The number of nitrogens with two attached hydrogens (primary N) is 2. The monoisotopic (exact) mass is 257 g/mol. The van der Waals surface area contributed by atoms with Gasteiger partial charge in [0.05, 0.1) is 4.99 Å². The van der Waals surface area contributed by atoms with Crippen molar-refractivity contribution in [2.24, 2.45) is 22.8 Å². The summed E-state index contributed by atoms with van der Waals surface area (Å²) in [6, 6.07) is 0. The Labute approximate surface area is 109 Å². The predicted molar refractivity (Wildman–Crippen MR) is 73.5 cm³/mol. The SMILES string of the molecule is CC(C)(CCN1CCC(C(N)=O)CC1)C(N)=S. The van der Waals surface area contributed by atoms with Gasteiger partial charge in [-0.15, -0.1) is 0 Å². The third-order valence-corrected chi connectivity index (χ3v) is 4.26. The zero-order valence-electron chi connectivity index (χ0n) is 10.7. The van der Waals surface area contributed by atoms with E-state index in [0.717, 1.165) is 38.9 Å². The van der Waals surface area contributed by atoms with Gasteiger partial charge in [0.15, 0.2) is 0 Å². The van der Waals surface area contributed by atoms with Gasteiger partial charge in [-0.3, -0.25) is 4.79 Å². The Morgan fingerprint density at radius 3 is 2.29 bits per heavy atom. The van der Waals surface area contributed by atoms with Crippen LogP contribution in [0.25, 0.3) is 0 Å². The van der Waals surface area contributed by atoms with E-state index >= 15 is 0 Å². The van der Waals surface area contributed by atoms with Crippen LogP contribution in [-0.2, 0) is 4.79 Å². The highest BCUT2D eigenvalue weighted by Crippen LogP contribution is 2.23. The highest BCUT2D eigenvalue weighted by Gasteiger charge is 2.26. The van der Waals surface area contributed by atoms with Crippen molar-refractivity contribution in [3.05, 3.63) is 0 Å². The van der Waals surface area contributed by atoms with Gasteiger partial charge in [-0.25, -0.2) is 0 Å². The molecule has 0 radical (unpaired) electrons. The van der Waals surface area contributed by atoms with Crippen molar-refractivity contribution in [3.63, 3.8) is 0 Å². The Balaban J connectivity index is 2.32. The van der Waals surface area contributed by atoms with Gasteiger partial charge in [-0.1, -0.05) is 26.1 Å². The molecule has 1 heterocycles. The largest absolute Gasteiger partial charge is 0.393 e. The van der Waals surface area contributed by atoms with E-state index in [9.17, 15) is 4.79 Å². The van der Waals surface area contributed by atoms with Crippen LogP contribution in [0, 0.1) is 11.3 Å². The molecule has 0 unspecified atom stereocenters. The molecule has 0 bridgehead atoms. The molecule has 0 aromatic carbocycles. The Hall–Kier alpha value is -0.680. The van der Waals surface area contributed by atoms with Crippen LogP contribution in [0.2, 0.25) is 0 Å². The first-order valence-corrected chi connectivity index (χ1v) is 6.55. The summed E-state index contributed by atoms with van der Waals surface area (Å²) < 4.78 is 0. The predicted octanol–water partition coefficient (Wildman–Crippen LogP) is 0.886. The van der Waals surface area contributed by atoms with Gasteiger partial charge in [0.25, 0.3) is 0 Å². The second-order valence-electron chi connectivity index (χ2n) is 5.52. The molecule has 1 amide bonds. The summed E-state index contributed by atoms with van der Waals surface area (Å²) in [5.41, 5.74) is 10.9. The van der Waals surface area contributed by atoms with Gasteiger partial charge in [0.2, 0.25) is 5.91 Å². The number of nitrogens with zero attached hydrogens (tertiary/aromatic N) is 1. The molecular formula is C12H23N3OS. The number of piperidine rings is 1. The molecule has 1 rings (SSSR count). The van der Waals surface area contributed by atoms with E-state index in [1.807, 2.05) is 0 Å². The fourth-order valence-electron chi connectivity index (χ4n) is 2.00. The Morgan fingerprint density at radius 1 is 1.35 bits per heavy atom. The van der Waals surface area contributed by atoms with Gasteiger partial charge in [0, 0.05) is 11.3 Å². The molecule has 0 aromatic rings. The minimum absolute atomic E-state index is 0.0647. The van der Waals surface area contributed by atoms with E-state index in [-0.39, 0.29) is 17.2 Å². The summed E-state index contributed by atoms with van der Waals surface area (Å²) in [6.45, 7) is 7.02. The lowest BCUT2D eigenvalue weighted by molar-refractivity contribution is -0.123. The second kappa shape index (κ2) is 5.78. The van der Waals surface area contributed by atoms with Crippen molar-refractivity contribution < 1.29 is 4.79 Å². The molecule has 1 saturated heterocycles. The molecular weight excluding hydrogens is 234 g/mol. The maximum Gasteiger partial charge on any atom is 0.220 e. The molecule has 5 heteroatoms. The third kappa shape index (κ3) is 4.24. The average molecular weight is 257 g/mol. The highest BCUT2D eigenvalue weighted by atomic mass is 32.1. The van der Waals surface area contributed by atoms with Crippen LogP contribution >= 0.6 is 12.2 Å². The first-order valence-electron chi connectivity index (χ1n) is 6.14. The summed E-state index contributed by atoms with van der Waals surface area (Å²) in [4.78, 5) is 14.0. The van der Waals surface area contributed by atoms with E-state index in [1.54, 1.807) is 0 Å². The lowest BCUT2D eigenvalue weighted by Crippen LogP contribution is -2.41. The molecule has 4 N–H and O–H groups in total. The van der Waals surface area contributed by atoms with E-state index in [1.165, 1.54) is 0 Å². The quantitative estimate of drug-likeness (QED) is 0.717. The summed E-state index contributed by atoms with van der Waals surface area (Å²) in [5, 5.41) is 0. The van der Waals surface area contributed by atoms with Crippen LogP contribution < -0.4 is 11.5 Å². The van der Waals surface area contributed by atoms with E-state index in [0.29, 0.717) is 4.99 Å². The van der Waals surface area contributed by atoms with Crippen LogP contribution in [-0.4, -0.2) is 35.4 Å². The smallest absolute Gasteiger partial charge is 0.220 e. The number of amides is 1. The molecule has 0 saturated carbocycles. The number of hydrogen-bond donors (Lipinski definition) is 2. The van der Waals surface area contributed by atoms with Crippen LogP contribution in [0.5, 0.6) is 0 Å². The molecule has 1 aliphatic heterocycles. The number of rotatable bonds is 5. The Bertz CT molecular complexity index is 296. The van der Waals surface area contributed by atoms with Gasteiger partial charge < -0.3 is 16.4 Å². The van der Waals surface area contributed by atoms with Crippen LogP contribution in [0.3, 0.4) is 0 Å². The van der Waals surface area contributed by atoms with Gasteiger partial charge in [-0.2, -0.15) is 0 Å². The molecule has 0 aromatic heterocycles. The van der Waals surface area contributed by atoms with Crippen molar-refractivity contribution in [1.82, 2.24) is 4.90 Å². The summed E-state index contributed by atoms with van der Waals surface area (Å²) in [5.74, 6) is -0.0945. The van der Waals surface area contributed by atoms with Crippen molar-refractivity contribution in [2.45, 2.75) is 33.1 Å². The van der Waals surface area contributed by atoms with E-state index in [4.69, 9.17) is 23.7 Å². The van der Waals surface area contributed by atoms with Crippen LogP contribution in [0.4, 0.5) is 0 Å². The molecule has 0 atom stereocenters. The average Bonchev–Trinajstić information content (AvgIpc) is 2.27. The summed E-state index contributed by atoms with van der Waals surface area (Å²) >= 11 is 5.05. The molecule has 0 aliphatic carbocycles. The van der Waals surface area contributed by atoms with Gasteiger partial charge in [-0.05, 0) is 38.9 Å². The number of carbonyl (C=O) groups is 1. The number of thiocarbonyl (C=S) groups is 1. The minimum atomic E-state index is -0.159.